The Balaban J connectivity index is 1.90. The van der Waals surface area contributed by atoms with E-state index < -0.39 is 0 Å². The predicted molar refractivity (Wildman–Crippen MR) is 131 cm³/mol. The van der Waals surface area contributed by atoms with E-state index in [-0.39, 0.29) is 11.3 Å². The van der Waals surface area contributed by atoms with Crippen molar-refractivity contribution < 1.29 is 4.79 Å². The number of ketones is 1. The van der Waals surface area contributed by atoms with Gasteiger partial charge in [-0.3, -0.25) is 9.59 Å². The highest BCUT2D eigenvalue weighted by Gasteiger charge is 2.31. The van der Waals surface area contributed by atoms with Crippen molar-refractivity contribution in [1.29, 1.82) is 0 Å². The van der Waals surface area contributed by atoms with Gasteiger partial charge in [-0.05, 0) is 43.8 Å². The lowest BCUT2D eigenvalue weighted by atomic mass is 9.79. The number of aromatic nitrogens is 1. The van der Waals surface area contributed by atoms with E-state index in [0.29, 0.717) is 23.2 Å². The number of likely N-dealkylation sites (N-methyl/N-ethyl adjacent to an activating group) is 1. The molecule has 32 heavy (non-hydrogen) atoms. The molecule has 0 amide bonds. The van der Waals surface area contributed by atoms with Gasteiger partial charge in [0.25, 0.3) is 5.56 Å². The maximum atomic E-state index is 13.7. The molecule has 0 aliphatic heterocycles. The Morgan fingerprint density at radius 1 is 0.875 bits per heavy atom. The van der Waals surface area contributed by atoms with E-state index in [4.69, 9.17) is 0 Å². The molecule has 0 spiro atoms. The Morgan fingerprint density at radius 3 is 2.28 bits per heavy atom. The van der Waals surface area contributed by atoms with E-state index in [0.717, 1.165) is 45.4 Å². The minimum absolute atomic E-state index is 0.0171. The third kappa shape index (κ3) is 3.13. The van der Waals surface area contributed by atoms with Crippen LogP contribution in [0.25, 0.3) is 33.2 Å². The Bertz CT molecular complexity index is 1420. The number of aromatic amines is 1. The fourth-order valence-electron chi connectivity index (χ4n) is 4.62. The number of hydrogen-bond donors (Lipinski definition) is 2. The summed E-state index contributed by atoms with van der Waals surface area (Å²) in [5, 5.41) is 4.29. The number of pyridine rings is 1. The highest BCUT2D eigenvalue weighted by Crippen LogP contribution is 2.45. The van der Waals surface area contributed by atoms with Crippen molar-refractivity contribution in [2.75, 3.05) is 32.5 Å². The monoisotopic (exact) mass is 423 g/mol. The van der Waals surface area contributed by atoms with Crippen molar-refractivity contribution in [2.24, 2.45) is 0 Å². The Labute approximate surface area is 186 Å². The Hall–Kier alpha value is -3.70. The quantitative estimate of drug-likeness (QED) is 0.431. The van der Waals surface area contributed by atoms with Crippen LogP contribution in [0.15, 0.2) is 65.5 Å². The minimum atomic E-state index is -0.148. The number of nitrogens with one attached hydrogen (secondary N) is 2. The first-order valence-electron chi connectivity index (χ1n) is 10.8. The zero-order chi connectivity index (χ0) is 22.4. The van der Waals surface area contributed by atoms with Crippen LogP contribution in [0.5, 0.6) is 0 Å². The van der Waals surface area contributed by atoms with Gasteiger partial charge >= 0.3 is 0 Å². The zero-order valence-electron chi connectivity index (χ0n) is 18.5. The average molecular weight is 424 g/mol. The summed E-state index contributed by atoms with van der Waals surface area (Å²) in [6.07, 6.45) is 0. The molecule has 0 saturated carbocycles. The molecule has 4 aromatic rings. The third-order valence-corrected chi connectivity index (χ3v) is 6.10. The van der Waals surface area contributed by atoms with Crippen LogP contribution in [0.3, 0.4) is 0 Å². The summed E-state index contributed by atoms with van der Waals surface area (Å²) in [5.41, 5.74) is 6.66. The van der Waals surface area contributed by atoms with Crippen LogP contribution in [0.4, 0.5) is 5.69 Å². The van der Waals surface area contributed by atoms with Gasteiger partial charge in [-0.15, -0.1) is 0 Å². The normalized spacial score (nSPS) is 12.3. The predicted octanol–water partition coefficient (Wildman–Crippen LogP) is 4.69. The SMILES string of the molecule is Cc1cc(NCCN(C)C)c2c3c(c(-c4ccccc4)c(=O)[nH]c13)-c1ccccc1C2=O. The highest BCUT2D eigenvalue weighted by atomic mass is 16.1. The number of nitrogens with zero attached hydrogens (tertiary/aromatic N) is 1. The number of rotatable bonds is 5. The minimum Gasteiger partial charge on any atom is -0.383 e. The van der Waals surface area contributed by atoms with Gasteiger partial charge in [0.1, 0.15) is 0 Å². The summed E-state index contributed by atoms with van der Waals surface area (Å²) >= 11 is 0. The standard InChI is InChI=1S/C27H25N3O2/c1-16-15-20(28-13-14-30(2)3)23-24-22(18-11-7-8-12-19(18)26(23)31)21(27(32)29-25(16)24)17-9-5-4-6-10-17/h4-12,15,28H,13-14H2,1-3H3,(H,29,32). The maximum absolute atomic E-state index is 13.7. The van der Waals surface area contributed by atoms with E-state index >= 15 is 0 Å². The van der Waals surface area contributed by atoms with E-state index in [9.17, 15) is 9.59 Å². The van der Waals surface area contributed by atoms with Crippen molar-refractivity contribution in [3.05, 3.63) is 87.7 Å². The molecule has 0 saturated heterocycles. The number of H-pyrrole nitrogens is 1. The smallest absolute Gasteiger partial charge is 0.256 e. The van der Waals surface area contributed by atoms with Crippen LogP contribution in [0, 0.1) is 6.92 Å². The summed E-state index contributed by atoms with van der Waals surface area (Å²) in [4.78, 5) is 32.3. The lowest BCUT2D eigenvalue weighted by Crippen LogP contribution is -2.23. The first-order chi connectivity index (χ1) is 15.5. The molecular formula is C27H25N3O2. The molecule has 0 unspecified atom stereocenters. The summed E-state index contributed by atoms with van der Waals surface area (Å²) in [7, 11) is 4.04. The Morgan fingerprint density at radius 2 is 1.56 bits per heavy atom. The number of carbonyl (C=O) groups excluding carboxylic acids is 1. The number of anilines is 1. The van der Waals surface area contributed by atoms with E-state index in [1.807, 2.05) is 81.7 Å². The molecule has 1 aromatic heterocycles. The first kappa shape index (κ1) is 20.2. The molecule has 5 rings (SSSR count). The number of hydrogen-bond acceptors (Lipinski definition) is 4. The van der Waals surface area contributed by atoms with Crippen LogP contribution in [0.1, 0.15) is 21.5 Å². The molecule has 5 nitrogen and oxygen atoms in total. The molecule has 1 aliphatic rings. The summed E-state index contributed by atoms with van der Waals surface area (Å²) in [6.45, 7) is 3.53. The third-order valence-electron chi connectivity index (χ3n) is 6.10. The molecule has 0 bridgehead atoms. The van der Waals surface area contributed by atoms with Crippen molar-refractivity contribution >= 4 is 22.4 Å². The molecule has 1 heterocycles. The highest BCUT2D eigenvalue weighted by molar-refractivity contribution is 6.29. The lowest BCUT2D eigenvalue weighted by Gasteiger charge is -2.25. The van der Waals surface area contributed by atoms with Gasteiger partial charge in [0.05, 0.1) is 16.6 Å². The summed E-state index contributed by atoms with van der Waals surface area (Å²) in [6, 6.07) is 19.2. The molecule has 3 aromatic carbocycles. The van der Waals surface area contributed by atoms with Gasteiger partial charge in [-0.1, -0.05) is 54.6 Å². The molecule has 0 radical (unpaired) electrons. The fourth-order valence-corrected chi connectivity index (χ4v) is 4.62. The maximum Gasteiger partial charge on any atom is 0.256 e. The average Bonchev–Trinajstić information content (AvgIpc) is 2.78. The molecule has 1 aliphatic carbocycles. The van der Waals surface area contributed by atoms with Gasteiger partial charge in [-0.2, -0.15) is 0 Å². The molecular weight excluding hydrogens is 398 g/mol. The van der Waals surface area contributed by atoms with Crippen molar-refractivity contribution in [2.45, 2.75) is 6.92 Å². The van der Waals surface area contributed by atoms with Crippen LogP contribution in [0.2, 0.25) is 0 Å². The van der Waals surface area contributed by atoms with E-state index in [1.54, 1.807) is 0 Å². The molecule has 160 valence electrons. The van der Waals surface area contributed by atoms with Gasteiger partial charge in [-0.25, -0.2) is 0 Å². The van der Waals surface area contributed by atoms with Crippen LogP contribution >= 0.6 is 0 Å². The topological polar surface area (TPSA) is 65.2 Å². The zero-order valence-corrected chi connectivity index (χ0v) is 18.5. The molecule has 5 heteroatoms. The number of aryl methyl sites for hydroxylation is 1. The van der Waals surface area contributed by atoms with Gasteiger partial charge in [0.15, 0.2) is 5.78 Å². The van der Waals surface area contributed by atoms with Crippen molar-refractivity contribution in [3.8, 4) is 22.3 Å². The van der Waals surface area contributed by atoms with Gasteiger partial charge in [0, 0.05) is 35.3 Å². The van der Waals surface area contributed by atoms with Crippen LogP contribution in [-0.4, -0.2) is 42.9 Å². The molecule has 2 N–H and O–H groups in total. The number of carbonyl (C=O) groups is 1. The van der Waals surface area contributed by atoms with Crippen LogP contribution in [-0.2, 0) is 0 Å². The number of benzene rings is 3. The number of fused-ring (bicyclic) bond motifs is 2. The van der Waals surface area contributed by atoms with Gasteiger partial charge < -0.3 is 15.2 Å². The lowest BCUT2D eigenvalue weighted by molar-refractivity contribution is 0.104. The van der Waals surface area contributed by atoms with E-state index in [2.05, 4.69) is 15.2 Å². The van der Waals surface area contributed by atoms with E-state index in [1.165, 1.54) is 0 Å². The second-order valence-electron chi connectivity index (χ2n) is 8.54. The second kappa shape index (κ2) is 7.77. The first-order valence-corrected chi connectivity index (χ1v) is 10.8. The van der Waals surface area contributed by atoms with Gasteiger partial charge in [0.2, 0.25) is 0 Å². The second-order valence-corrected chi connectivity index (χ2v) is 8.54. The Kier molecular flexibility index (Phi) is 4.91. The van der Waals surface area contributed by atoms with Crippen LogP contribution < -0.4 is 10.9 Å². The fraction of sp³-hybridized carbons (Fsp3) is 0.185. The largest absolute Gasteiger partial charge is 0.383 e. The molecule has 0 fully saturated rings. The summed E-state index contributed by atoms with van der Waals surface area (Å²) in [5.74, 6) is -0.0171. The summed E-state index contributed by atoms with van der Waals surface area (Å²) < 4.78 is 0. The van der Waals surface area contributed by atoms with Crippen molar-refractivity contribution in [3.63, 3.8) is 0 Å². The molecule has 0 atom stereocenters. The van der Waals surface area contributed by atoms with Crippen molar-refractivity contribution in [1.82, 2.24) is 9.88 Å².